The van der Waals surface area contributed by atoms with E-state index in [4.69, 9.17) is 0 Å². The quantitative estimate of drug-likeness (QED) is 0.496. The van der Waals surface area contributed by atoms with Crippen LogP contribution >= 0.6 is 0 Å². The SMILES string of the molecule is N#Cc1ncc(-n2c(O)c3n(c2=O)C2CC3N(C(=O)c3cc(F)cc(F)c3)C2)c2ccccc12. The van der Waals surface area contributed by atoms with Gasteiger partial charge in [0.15, 0.2) is 0 Å². The molecule has 2 aliphatic rings. The van der Waals surface area contributed by atoms with Gasteiger partial charge in [-0.3, -0.25) is 9.36 Å². The summed E-state index contributed by atoms with van der Waals surface area (Å²) in [6.07, 6.45) is 1.77. The highest BCUT2D eigenvalue weighted by atomic mass is 19.1. The van der Waals surface area contributed by atoms with E-state index in [1.54, 1.807) is 24.3 Å². The maximum atomic E-state index is 13.7. The first-order valence-electron chi connectivity index (χ1n) is 10.5. The zero-order valence-corrected chi connectivity index (χ0v) is 17.4. The molecule has 2 bridgehead atoms. The fourth-order valence-electron chi connectivity index (χ4n) is 5.18. The van der Waals surface area contributed by atoms with Crippen LogP contribution in [0.4, 0.5) is 8.78 Å². The van der Waals surface area contributed by atoms with E-state index in [9.17, 15) is 28.7 Å². The molecule has 0 saturated carbocycles. The number of amides is 1. The number of halogens is 2. The molecule has 0 aliphatic carbocycles. The normalized spacial score (nSPS) is 18.3. The molecule has 2 aromatic carbocycles. The Hall–Kier alpha value is -4.52. The van der Waals surface area contributed by atoms with Crippen LogP contribution in [0.5, 0.6) is 5.88 Å². The second-order valence-corrected chi connectivity index (χ2v) is 8.37. The van der Waals surface area contributed by atoms with Gasteiger partial charge in [0.2, 0.25) is 5.88 Å². The van der Waals surface area contributed by atoms with Crippen LogP contribution in [0.1, 0.15) is 40.3 Å². The summed E-state index contributed by atoms with van der Waals surface area (Å²) in [5, 5.41) is 21.6. The number of carbonyl (C=O) groups excluding carboxylic acids is 1. The summed E-state index contributed by atoms with van der Waals surface area (Å²) in [4.78, 5) is 32.0. The van der Waals surface area contributed by atoms with E-state index in [0.717, 1.165) is 16.7 Å². The van der Waals surface area contributed by atoms with Crippen LogP contribution in [0.3, 0.4) is 0 Å². The lowest BCUT2D eigenvalue weighted by atomic mass is 10.1. The number of aromatic nitrogens is 3. The van der Waals surface area contributed by atoms with Crippen LogP contribution in [-0.4, -0.2) is 36.6 Å². The molecule has 2 aliphatic heterocycles. The topological polar surface area (TPSA) is 104 Å². The Morgan fingerprint density at radius 1 is 1.15 bits per heavy atom. The molecule has 34 heavy (non-hydrogen) atoms. The summed E-state index contributed by atoms with van der Waals surface area (Å²) in [6.45, 7) is 0.171. The smallest absolute Gasteiger partial charge is 0.336 e. The molecule has 2 aromatic heterocycles. The van der Waals surface area contributed by atoms with E-state index in [1.807, 2.05) is 6.07 Å². The summed E-state index contributed by atoms with van der Waals surface area (Å²) in [6, 6.07) is 10.5. The number of hydrogen-bond acceptors (Lipinski definition) is 5. The maximum Gasteiger partial charge on any atom is 0.336 e. The zero-order valence-electron chi connectivity index (χ0n) is 17.4. The highest BCUT2D eigenvalue weighted by Crippen LogP contribution is 2.49. The van der Waals surface area contributed by atoms with E-state index in [2.05, 4.69) is 4.98 Å². The summed E-state index contributed by atoms with van der Waals surface area (Å²) < 4.78 is 29.9. The first-order chi connectivity index (χ1) is 16.4. The van der Waals surface area contributed by atoms with Crippen molar-refractivity contribution in [1.82, 2.24) is 19.0 Å². The van der Waals surface area contributed by atoms with Gasteiger partial charge in [0, 0.05) is 28.9 Å². The van der Waals surface area contributed by atoms with Gasteiger partial charge in [0.25, 0.3) is 5.91 Å². The van der Waals surface area contributed by atoms with Crippen molar-refractivity contribution < 1.29 is 18.7 Å². The van der Waals surface area contributed by atoms with Crippen molar-refractivity contribution in [2.24, 2.45) is 0 Å². The van der Waals surface area contributed by atoms with Crippen LogP contribution in [0.2, 0.25) is 0 Å². The number of imidazole rings is 1. The standard InChI is InChI=1S/C24H15F2N5O3/c25-13-5-12(6-14(26)7-13)22(32)29-11-15-8-19(29)21-23(33)31(24(34)30(15)21)20-10-28-18(9-27)16-3-1-2-4-17(16)20/h1-7,10,15,19,33H,8,11H2. The van der Waals surface area contributed by atoms with E-state index in [0.29, 0.717) is 28.9 Å². The Labute approximate surface area is 190 Å². The van der Waals surface area contributed by atoms with Crippen molar-refractivity contribution in [2.45, 2.75) is 18.5 Å². The number of nitrogens with zero attached hydrogens (tertiary/aromatic N) is 5. The Kier molecular flexibility index (Phi) is 4.13. The predicted octanol–water partition coefficient (Wildman–Crippen LogP) is 3.18. The third-order valence-electron chi connectivity index (χ3n) is 6.55. The van der Waals surface area contributed by atoms with Gasteiger partial charge in [-0.25, -0.2) is 23.1 Å². The molecule has 168 valence electrons. The predicted molar refractivity (Wildman–Crippen MR) is 115 cm³/mol. The molecule has 10 heteroatoms. The number of fused-ring (bicyclic) bond motifs is 6. The molecule has 2 atom stereocenters. The van der Waals surface area contributed by atoms with Crippen LogP contribution in [0.25, 0.3) is 16.5 Å². The lowest BCUT2D eigenvalue weighted by Gasteiger charge is -2.27. The zero-order chi connectivity index (χ0) is 23.7. The van der Waals surface area contributed by atoms with Gasteiger partial charge >= 0.3 is 5.69 Å². The number of likely N-dealkylation sites (tertiary alicyclic amines) is 1. The third-order valence-corrected chi connectivity index (χ3v) is 6.55. The second-order valence-electron chi connectivity index (χ2n) is 8.37. The highest BCUT2D eigenvalue weighted by molar-refractivity contribution is 5.95. The van der Waals surface area contributed by atoms with Gasteiger partial charge in [-0.1, -0.05) is 24.3 Å². The second kappa shape index (κ2) is 6.99. The molecule has 1 N–H and O–H groups in total. The minimum Gasteiger partial charge on any atom is -0.493 e. The average Bonchev–Trinajstić information content (AvgIpc) is 3.49. The molecule has 0 radical (unpaired) electrons. The van der Waals surface area contributed by atoms with Gasteiger partial charge in [-0.2, -0.15) is 5.26 Å². The molecule has 1 saturated heterocycles. The van der Waals surface area contributed by atoms with Gasteiger partial charge in [0.05, 0.1) is 24.0 Å². The molecular weight excluding hydrogens is 444 g/mol. The fourth-order valence-corrected chi connectivity index (χ4v) is 5.18. The molecule has 1 fully saturated rings. The molecule has 4 aromatic rings. The lowest BCUT2D eigenvalue weighted by molar-refractivity contribution is 0.0710. The number of aromatic hydroxyl groups is 1. The Bertz CT molecular complexity index is 1610. The van der Waals surface area contributed by atoms with Crippen molar-refractivity contribution in [2.75, 3.05) is 6.54 Å². The summed E-state index contributed by atoms with van der Waals surface area (Å²) in [5.41, 5.74) is 0.141. The molecule has 2 unspecified atom stereocenters. The van der Waals surface area contributed by atoms with Crippen LogP contribution in [0, 0.1) is 23.0 Å². The van der Waals surface area contributed by atoms with E-state index >= 15 is 0 Å². The molecule has 0 spiro atoms. The van der Waals surface area contributed by atoms with Gasteiger partial charge in [-0.15, -0.1) is 0 Å². The van der Waals surface area contributed by atoms with Gasteiger partial charge in [-0.05, 0) is 18.6 Å². The van der Waals surface area contributed by atoms with Crippen LogP contribution in [-0.2, 0) is 0 Å². The van der Waals surface area contributed by atoms with E-state index in [1.165, 1.54) is 15.7 Å². The highest BCUT2D eigenvalue weighted by Gasteiger charge is 2.49. The molecule has 4 heterocycles. The summed E-state index contributed by atoms with van der Waals surface area (Å²) in [5.74, 6) is -2.64. The Balaban J connectivity index is 1.48. The summed E-state index contributed by atoms with van der Waals surface area (Å²) in [7, 11) is 0. The number of benzene rings is 2. The van der Waals surface area contributed by atoms with Crippen molar-refractivity contribution in [3.8, 4) is 17.6 Å². The minimum atomic E-state index is -0.862. The molecule has 1 amide bonds. The van der Waals surface area contributed by atoms with Gasteiger partial charge in [0.1, 0.15) is 29.1 Å². The average molecular weight is 459 g/mol. The number of hydrogen-bond donors (Lipinski definition) is 1. The molecular formula is C24H15F2N5O3. The number of carbonyl (C=O) groups is 1. The largest absolute Gasteiger partial charge is 0.493 e. The maximum absolute atomic E-state index is 13.7. The minimum absolute atomic E-state index is 0.139. The molecule has 8 nitrogen and oxygen atoms in total. The van der Waals surface area contributed by atoms with Gasteiger partial charge < -0.3 is 10.0 Å². The third kappa shape index (κ3) is 2.64. The van der Waals surface area contributed by atoms with Crippen LogP contribution in [0.15, 0.2) is 53.5 Å². The van der Waals surface area contributed by atoms with E-state index < -0.39 is 29.3 Å². The Morgan fingerprint density at radius 2 is 1.85 bits per heavy atom. The van der Waals surface area contributed by atoms with Crippen molar-refractivity contribution in [1.29, 1.82) is 5.26 Å². The number of nitriles is 1. The van der Waals surface area contributed by atoms with Crippen molar-refractivity contribution >= 4 is 16.7 Å². The first kappa shape index (κ1) is 20.1. The lowest BCUT2D eigenvalue weighted by Crippen LogP contribution is -2.37. The number of pyridine rings is 1. The van der Waals surface area contributed by atoms with Crippen molar-refractivity contribution in [3.05, 3.63) is 87.7 Å². The monoisotopic (exact) mass is 459 g/mol. The van der Waals surface area contributed by atoms with E-state index in [-0.39, 0.29) is 35.4 Å². The van der Waals surface area contributed by atoms with Crippen molar-refractivity contribution in [3.63, 3.8) is 0 Å². The van der Waals surface area contributed by atoms with Crippen LogP contribution < -0.4 is 5.69 Å². The first-order valence-corrected chi connectivity index (χ1v) is 10.5. The number of rotatable bonds is 2. The molecule has 6 rings (SSSR count). The Morgan fingerprint density at radius 3 is 2.56 bits per heavy atom. The summed E-state index contributed by atoms with van der Waals surface area (Å²) >= 11 is 0. The fraction of sp³-hybridized carbons (Fsp3) is 0.167.